The van der Waals surface area contributed by atoms with Gasteiger partial charge in [-0.05, 0) is 30.0 Å². The van der Waals surface area contributed by atoms with Crippen molar-refractivity contribution in [2.75, 3.05) is 7.11 Å². The van der Waals surface area contributed by atoms with Crippen LogP contribution in [0.1, 0.15) is 12.5 Å². The van der Waals surface area contributed by atoms with Crippen molar-refractivity contribution in [2.24, 2.45) is 0 Å². The number of hydrogen-bond donors (Lipinski definition) is 0. The van der Waals surface area contributed by atoms with Crippen molar-refractivity contribution in [3.63, 3.8) is 0 Å². The summed E-state index contributed by atoms with van der Waals surface area (Å²) >= 11 is 1.65. The van der Waals surface area contributed by atoms with Crippen molar-refractivity contribution in [3.8, 4) is 5.75 Å². The van der Waals surface area contributed by atoms with Crippen molar-refractivity contribution in [1.82, 2.24) is 0 Å². The molecule has 2 nitrogen and oxygen atoms in total. The van der Waals surface area contributed by atoms with Crippen LogP contribution in [0.25, 0.3) is 10.1 Å². The Morgan fingerprint density at radius 1 is 1.47 bits per heavy atom. The summed E-state index contributed by atoms with van der Waals surface area (Å²) in [6, 6.07) is 5.94. The topological polar surface area (TPSA) is 26.3 Å². The van der Waals surface area contributed by atoms with Crippen LogP contribution in [0.3, 0.4) is 0 Å². The highest BCUT2D eigenvalue weighted by Crippen LogP contribution is 2.33. The fourth-order valence-electron chi connectivity index (χ4n) is 1.69. The van der Waals surface area contributed by atoms with Crippen LogP contribution in [0.5, 0.6) is 5.75 Å². The minimum Gasteiger partial charge on any atom is -0.496 e. The molecule has 0 saturated carbocycles. The number of ketones is 1. The van der Waals surface area contributed by atoms with Gasteiger partial charge in [0.05, 0.1) is 7.11 Å². The molecule has 2 aromatic rings. The molecule has 1 aromatic carbocycles. The minimum atomic E-state index is 0.181. The second kappa shape index (κ2) is 4.03. The maximum absolute atomic E-state index is 11.1. The number of rotatable bonds is 3. The fourth-order valence-corrected chi connectivity index (χ4v) is 2.66. The average Bonchev–Trinajstić information content (AvgIpc) is 2.61. The number of benzene rings is 1. The number of thiophene rings is 1. The van der Waals surface area contributed by atoms with Crippen LogP contribution >= 0.6 is 11.3 Å². The lowest BCUT2D eigenvalue weighted by molar-refractivity contribution is -0.116. The molecule has 0 bridgehead atoms. The molecule has 1 aromatic heterocycles. The molecule has 0 N–H and O–H groups in total. The number of carbonyl (C=O) groups is 1. The quantitative estimate of drug-likeness (QED) is 0.794. The highest BCUT2D eigenvalue weighted by atomic mass is 32.1. The predicted octanol–water partition coefficient (Wildman–Crippen LogP) is 3.04. The van der Waals surface area contributed by atoms with E-state index in [4.69, 9.17) is 4.74 Å². The number of carbonyl (C=O) groups excluding carboxylic acids is 1. The number of Topliss-reactive ketones (excluding diaryl/α,β-unsaturated/α-hetero) is 1. The Bertz CT molecular complexity index is 499. The summed E-state index contributed by atoms with van der Waals surface area (Å²) in [5.74, 6) is 1.03. The second-order valence-corrected chi connectivity index (χ2v) is 4.38. The molecule has 1 heterocycles. The Kier molecular flexibility index (Phi) is 2.73. The molecule has 0 atom stereocenters. The molecule has 78 valence electrons. The maximum Gasteiger partial charge on any atom is 0.134 e. The van der Waals surface area contributed by atoms with Gasteiger partial charge in [-0.3, -0.25) is 4.79 Å². The van der Waals surface area contributed by atoms with Gasteiger partial charge in [0.2, 0.25) is 0 Å². The third kappa shape index (κ3) is 1.88. The molecule has 0 radical (unpaired) electrons. The van der Waals surface area contributed by atoms with Gasteiger partial charge in [-0.2, -0.15) is 0 Å². The van der Waals surface area contributed by atoms with E-state index in [-0.39, 0.29) is 5.78 Å². The SMILES string of the molecule is COc1cccc2scc(CC(C)=O)c12. The highest BCUT2D eigenvalue weighted by Gasteiger charge is 2.10. The van der Waals surface area contributed by atoms with E-state index in [1.807, 2.05) is 23.6 Å². The van der Waals surface area contributed by atoms with Gasteiger partial charge in [-0.15, -0.1) is 11.3 Å². The summed E-state index contributed by atoms with van der Waals surface area (Å²) in [7, 11) is 1.66. The summed E-state index contributed by atoms with van der Waals surface area (Å²) in [5.41, 5.74) is 1.07. The molecule has 2 rings (SSSR count). The molecule has 15 heavy (non-hydrogen) atoms. The molecule has 3 heteroatoms. The standard InChI is InChI=1S/C12H12O2S/c1-8(13)6-9-7-15-11-5-3-4-10(14-2)12(9)11/h3-5,7H,6H2,1-2H3. The molecule has 0 aliphatic heterocycles. The summed E-state index contributed by atoms with van der Waals surface area (Å²) < 4.78 is 6.48. The van der Waals surface area contributed by atoms with E-state index < -0.39 is 0 Å². The van der Waals surface area contributed by atoms with Crippen molar-refractivity contribution < 1.29 is 9.53 Å². The normalized spacial score (nSPS) is 10.5. The Hall–Kier alpha value is -1.35. The highest BCUT2D eigenvalue weighted by molar-refractivity contribution is 7.17. The minimum absolute atomic E-state index is 0.181. The Morgan fingerprint density at radius 2 is 2.27 bits per heavy atom. The number of hydrogen-bond acceptors (Lipinski definition) is 3. The van der Waals surface area contributed by atoms with Crippen LogP contribution in [-0.4, -0.2) is 12.9 Å². The molecular formula is C12H12O2S. The van der Waals surface area contributed by atoms with Gasteiger partial charge in [-0.25, -0.2) is 0 Å². The van der Waals surface area contributed by atoms with Gasteiger partial charge in [0.1, 0.15) is 11.5 Å². The molecule has 0 aliphatic carbocycles. The van der Waals surface area contributed by atoms with Gasteiger partial charge < -0.3 is 4.74 Å². The van der Waals surface area contributed by atoms with Crippen molar-refractivity contribution in [1.29, 1.82) is 0 Å². The van der Waals surface area contributed by atoms with Crippen molar-refractivity contribution in [2.45, 2.75) is 13.3 Å². The van der Waals surface area contributed by atoms with Crippen LogP contribution in [0.15, 0.2) is 23.6 Å². The smallest absolute Gasteiger partial charge is 0.134 e. The Labute approximate surface area is 92.5 Å². The maximum atomic E-state index is 11.1. The number of methoxy groups -OCH3 is 1. The van der Waals surface area contributed by atoms with Gasteiger partial charge in [0, 0.05) is 16.5 Å². The van der Waals surface area contributed by atoms with Crippen molar-refractivity contribution >= 4 is 27.2 Å². The summed E-state index contributed by atoms with van der Waals surface area (Å²) in [6.07, 6.45) is 0.486. The summed E-state index contributed by atoms with van der Waals surface area (Å²) in [5, 5.41) is 3.12. The zero-order valence-electron chi connectivity index (χ0n) is 8.74. The van der Waals surface area contributed by atoms with Gasteiger partial charge in [0.25, 0.3) is 0 Å². The van der Waals surface area contributed by atoms with E-state index >= 15 is 0 Å². The molecular weight excluding hydrogens is 208 g/mol. The van der Waals surface area contributed by atoms with E-state index in [0.29, 0.717) is 6.42 Å². The summed E-state index contributed by atoms with van der Waals surface area (Å²) in [4.78, 5) is 11.1. The second-order valence-electron chi connectivity index (χ2n) is 3.47. The first kappa shape index (κ1) is 10.2. The fraction of sp³-hybridized carbons (Fsp3) is 0.250. The monoisotopic (exact) mass is 220 g/mol. The van der Waals surface area contributed by atoms with Gasteiger partial charge >= 0.3 is 0 Å². The lowest BCUT2D eigenvalue weighted by Crippen LogP contribution is -1.95. The third-order valence-corrected chi connectivity index (χ3v) is 3.29. The first-order valence-corrected chi connectivity index (χ1v) is 5.63. The largest absolute Gasteiger partial charge is 0.496 e. The lowest BCUT2D eigenvalue weighted by Gasteiger charge is -2.03. The first-order valence-electron chi connectivity index (χ1n) is 4.75. The van der Waals surface area contributed by atoms with Gasteiger partial charge in [-0.1, -0.05) is 6.07 Å². The molecule has 0 spiro atoms. The Balaban J connectivity index is 2.60. The van der Waals surface area contributed by atoms with E-state index in [0.717, 1.165) is 16.7 Å². The molecule has 0 amide bonds. The molecule has 0 unspecified atom stereocenters. The van der Waals surface area contributed by atoms with E-state index in [1.165, 1.54) is 4.70 Å². The van der Waals surface area contributed by atoms with E-state index in [9.17, 15) is 4.79 Å². The summed E-state index contributed by atoms with van der Waals surface area (Å²) in [6.45, 7) is 1.61. The number of fused-ring (bicyclic) bond motifs is 1. The van der Waals surface area contributed by atoms with Crippen LogP contribution in [0, 0.1) is 0 Å². The predicted molar refractivity (Wildman–Crippen MR) is 62.8 cm³/mol. The first-order chi connectivity index (χ1) is 7.22. The van der Waals surface area contributed by atoms with Crippen LogP contribution < -0.4 is 4.74 Å². The van der Waals surface area contributed by atoms with E-state index in [1.54, 1.807) is 25.4 Å². The van der Waals surface area contributed by atoms with Crippen LogP contribution in [0.2, 0.25) is 0 Å². The average molecular weight is 220 g/mol. The Morgan fingerprint density at radius 3 is 2.93 bits per heavy atom. The van der Waals surface area contributed by atoms with E-state index in [2.05, 4.69) is 0 Å². The molecule has 0 saturated heterocycles. The van der Waals surface area contributed by atoms with Gasteiger partial charge in [0.15, 0.2) is 0 Å². The van der Waals surface area contributed by atoms with Crippen LogP contribution in [-0.2, 0) is 11.2 Å². The molecule has 0 aliphatic rings. The number of ether oxygens (including phenoxy) is 1. The van der Waals surface area contributed by atoms with Crippen LogP contribution in [0.4, 0.5) is 0 Å². The zero-order chi connectivity index (χ0) is 10.8. The molecule has 0 fully saturated rings. The zero-order valence-corrected chi connectivity index (χ0v) is 9.56. The third-order valence-electron chi connectivity index (χ3n) is 2.30. The lowest BCUT2D eigenvalue weighted by atomic mass is 10.1. The van der Waals surface area contributed by atoms with Crippen molar-refractivity contribution in [3.05, 3.63) is 29.1 Å².